The second-order valence-corrected chi connectivity index (χ2v) is 4.43. The van der Waals surface area contributed by atoms with Crippen LogP contribution < -0.4 is 0 Å². The first kappa shape index (κ1) is 12.6. The van der Waals surface area contributed by atoms with Crippen molar-refractivity contribution in [2.24, 2.45) is 5.92 Å². The fraction of sp³-hybridized carbons (Fsp3) is 0.500. The monoisotopic (exact) mass is 249 g/mol. The van der Waals surface area contributed by atoms with Crippen molar-refractivity contribution < 1.29 is 14.7 Å². The van der Waals surface area contributed by atoms with Gasteiger partial charge in [0.2, 0.25) is 0 Å². The lowest BCUT2D eigenvalue weighted by Crippen LogP contribution is -2.41. The van der Waals surface area contributed by atoms with Crippen molar-refractivity contribution in [3.63, 3.8) is 0 Å². The largest absolute Gasteiger partial charge is 0.481 e. The van der Waals surface area contributed by atoms with Gasteiger partial charge in [-0.25, -0.2) is 4.98 Å². The lowest BCUT2D eigenvalue weighted by atomic mass is 9.98. The van der Waals surface area contributed by atoms with Crippen LogP contribution in [0, 0.1) is 5.92 Å². The molecular weight excluding hydrogens is 234 g/mol. The lowest BCUT2D eigenvalue weighted by Gasteiger charge is -2.29. The van der Waals surface area contributed by atoms with Crippen LogP contribution in [0.5, 0.6) is 0 Å². The molecular formula is C12H15N3O3. The summed E-state index contributed by atoms with van der Waals surface area (Å²) in [5.74, 6) is -1.27. The van der Waals surface area contributed by atoms with Gasteiger partial charge in [0.05, 0.1) is 18.7 Å². The Morgan fingerprint density at radius 3 is 2.94 bits per heavy atom. The number of likely N-dealkylation sites (tertiary alicyclic amines) is 1. The van der Waals surface area contributed by atoms with Gasteiger partial charge in [-0.2, -0.15) is 0 Å². The van der Waals surface area contributed by atoms with Gasteiger partial charge in [0.1, 0.15) is 5.69 Å². The molecule has 0 spiro atoms. The number of nitrogens with zero attached hydrogens (tertiary/aromatic N) is 3. The maximum Gasteiger partial charge on any atom is 0.307 e. The molecule has 2 rings (SSSR count). The molecule has 1 aliphatic rings. The minimum atomic E-state index is -0.786. The van der Waals surface area contributed by atoms with Crippen molar-refractivity contribution >= 4 is 11.8 Å². The number of rotatable bonds is 4. The molecule has 0 bridgehead atoms. The number of aromatic nitrogens is 2. The van der Waals surface area contributed by atoms with Gasteiger partial charge >= 0.3 is 5.97 Å². The standard InChI is InChI=1S/C12H15N3O3/c16-11(10-6-13-3-4-14-10)8-15-5-1-2-9(7-15)12(17)18/h3-4,6,9H,1-2,5,7-8H2,(H,17,18). The van der Waals surface area contributed by atoms with Crippen molar-refractivity contribution in [3.05, 3.63) is 24.3 Å². The second-order valence-electron chi connectivity index (χ2n) is 4.43. The Morgan fingerprint density at radius 2 is 2.28 bits per heavy atom. The number of aliphatic carboxylic acids is 1. The van der Waals surface area contributed by atoms with Crippen LogP contribution in [0.15, 0.2) is 18.6 Å². The third-order valence-corrected chi connectivity index (χ3v) is 3.07. The van der Waals surface area contributed by atoms with E-state index in [1.165, 1.54) is 18.6 Å². The van der Waals surface area contributed by atoms with E-state index < -0.39 is 5.97 Å². The van der Waals surface area contributed by atoms with Crippen molar-refractivity contribution in [2.75, 3.05) is 19.6 Å². The molecule has 1 aliphatic heterocycles. The number of carbonyl (C=O) groups is 2. The maximum atomic E-state index is 11.9. The summed E-state index contributed by atoms with van der Waals surface area (Å²) in [5, 5.41) is 8.97. The van der Waals surface area contributed by atoms with E-state index in [4.69, 9.17) is 5.11 Å². The topological polar surface area (TPSA) is 83.4 Å². The number of piperidine rings is 1. The normalized spacial score (nSPS) is 20.6. The maximum absolute atomic E-state index is 11.9. The summed E-state index contributed by atoms with van der Waals surface area (Å²) in [6, 6.07) is 0. The van der Waals surface area contributed by atoms with Crippen LogP contribution in [0.25, 0.3) is 0 Å². The third kappa shape index (κ3) is 3.10. The van der Waals surface area contributed by atoms with E-state index in [2.05, 4.69) is 9.97 Å². The summed E-state index contributed by atoms with van der Waals surface area (Å²) >= 11 is 0. The summed E-state index contributed by atoms with van der Waals surface area (Å²) in [6.45, 7) is 1.40. The van der Waals surface area contributed by atoms with Gasteiger partial charge in [-0.1, -0.05) is 0 Å². The number of hydrogen-bond donors (Lipinski definition) is 1. The molecule has 0 aromatic carbocycles. The number of carboxylic acid groups (broad SMARTS) is 1. The number of ketones is 1. The Bertz CT molecular complexity index is 435. The van der Waals surface area contributed by atoms with Gasteiger partial charge in [0.25, 0.3) is 0 Å². The zero-order chi connectivity index (χ0) is 13.0. The van der Waals surface area contributed by atoms with Crippen LogP contribution in [0.1, 0.15) is 23.3 Å². The van der Waals surface area contributed by atoms with Gasteiger partial charge in [0.15, 0.2) is 5.78 Å². The summed E-state index contributed by atoms with van der Waals surface area (Å²) in [5.41, 5.74) is 0.329. The molecule has 0 amide bonds. The van der Waals surface area contributed by atoms with Crippen LogP contribution in [-0.2, 0) is 4.79 Å². The van der Waals surface area contributed by atoms with Crippen LogP contribution in [-0.4, -0.2) is 51.4 Å². The Hall–Kier alpha value is -1.82. The molecule has 1 aromatic heterocycles. The SMILES string of the molecule is O=C(CN1CCCC(C(=O)O)C1)c1cnccn1. The number of carbonyl (C=O) groups excluding carboxylic acids is 1. The highest BCUT2D eigenvalue weighted by Crippen LogP contribution is 2.16. The molecule has 2 heterocycles. The molecule has 1 unspecified atom stereocenters. The first-order chi connectivity index (χ1) is 8.66. The van der Waals surface area contributed by atoms with Gasteiger partial charge in [-0.15, -0.1) is 0 Å². The van der Waals surface area contributed by atoms with Crippen molar-refractivity contribution in [2.45, 2.75) is 12.8 Å². The van der Waals surface area contributed by atoms with Crippen LogP contribution in [0.4, 0.5) is 0 Å². The van der Waals surface area contributed by atoms with Gasteiger partial charge in [-0.3, -0.25) is 19.5 Å². The van der Waals surface area contributed by atoms with Gasteiger partial charge in [-0.05, 0) is 19.4 Å². The van der Waals surface area contributed by atoms with Crippen LogP contribution in [0.3, 0.4) is 0 Å². The summed E-state index contributed by atoms with van der Waals surface area (Å²) in [6.07, 6.45) is 5.92. The van der Waals surface area contributed by atoms with E-state index >= 15 is 0 Å². The molecule has 1 fully saturated rings. The van der Waals surface area contributed by atoms with Gasteiger partial charge < -0.3 is 5.11 Å². The summed E-state index contributed by atoms with van der Waals surface area (Å²) in [7, 11) is 0. The molecule has 6 nitrogen and oxygen atoms in total. The Morgan fingerprint density at radius 1 is 1.44 bits per heavy atom. The lowest BCUT2D eigenvalue weighted by molar-refractivity contribution is -0.143. The molecule has 96 valence electrons. The highest BCUT2D eigenvalue weighted by molar-refractivity contribution is 5.95. The third-order valence-electron chi connectivity index (χ3n) is 3.07. The zero-order valence-electron chi connectivity index (χ0n) is 9.95. The average Bonchev–Trinajstić information content (AvgIpc) is 2.40. The molecule has 1 aromatic rings. The van der Waals surface area contributed by atoms with E-state index in [1.807, 2.05) is 4.90 Å². The Balaban J connectivity index is 1.93. The molecule has 0 radical (unpaired) electrons. The highest BCUT2D eigenvalue weighted by Gasteiger charge is 2.26. The molecule has 1 N–H and O–H groups in total. The molecule has 18 heavy (non-hydrogen) atoms. The number of hydrogen-bond acceptors (Lipinski definition) is 5. The molecule has 0 aliphatic carbocycles. The zero-order valence-corrected chi connectivity index (χ0v) is 9.95. The van der Waals surface area contributed by atoms with E-state index in [0.29, 0.717) is 18.7 Å². The van der Waals surface area contributed by atoms with E-state index in [9.17, 15) is 9.59 Å². The predicted octanol–water partition coefficient (Wildman–Crippen LogP) is 0.456. The van der Waals surface area contributed by atoms with Crippen LogP contribution in [0.2, 0.25) is 0 Å². The highest BCUT2D eigenvalue weighted by atomic mass is 16.4. The quantitative estimate of drug-likeness (QED) is 0.780. The minimum absolute atomic E-state index is 0.117. The van der Waals surface area contributed by atoms with E-state index in [1.54, 1.807) is 0 Å². The second kappa shape index (κ2) is 5.68. The summed E-state index contributed by atoms with van der Waals surface area (Å²) < 4.78 is 0. The minimum Gasteiger partial charge on any atom is -0.481 e. The molecule has 0 saturated carbocycles. The molecule has 1 atom stereocenters. The fourth-order valence-corrected chi connectivity index (χ4v) is 2.13. The predicted molar refractivity (Wildman–Crippen MR) is 63.2 cm³/mol. The van der Waals surface area contributed by atoms with Crippen molar-refractivity contribution in [1.29, 1.82) is 0 Å². The number of Topliss-reactive ketones (excluding diaryl/α,β-unsaturated/α-hetero) is 1. The first-order valence-corrected chi connectivity index (χ1v) is 5.91. The summed E-state index contributed by atoms with van der Waals surface area (Å²) in [4.78, 5) is 32.5. The van der Waals surface area contributed by atoms with Gasteiger partial charge in [0, 0.05) is 18.9 Å². The van der Waals surface area contributed by atoms with Crippen molar-refractivity contribution in [3.8, 4) is 0 Å². The Labute approximate surface area is 105 Å². The van der Waals surface area contributed by atoms with Crippen molar-refractivity contribution in [1.82, 2.24) is 14.9 Å². The smallest absolute Gasteiger partial charge is 0.307 e. The average molecular weight is 249 g/mol. The first-order valence-electron chi connectivity index (χ1n) is 5.91. The van der Waals surface area contributed by atoms with Crippen LogP contribution >= 0.6 is 0 Å². The molecule has 1 saturated heterocycles. The molecule has 6 heteroatoms. The number of carboxylic acids is 1. The van der Waals surface area contributed by atoms with E-state index in [-0.39, 0.29) is 18.2 Å². The fourth-order valence-electron chi connectivity index (χ4n) is 2.13. The van der Waals surface area contributed by atoms with E-state index in [0.717, 1.165) is 13.0 Å². The Kier molecular flexibility index (Phi) is 3.99.